The smallest absolute Gasteiger partial charge is 0.243 e. The molecule has 3 fully saturated rings. The summed E-state index contributed by atoms with van der Waals surface area (Å²) in [5.41, 5.74) is -0.337. The lowest BCUT2D eigenvalue weighted by Crippen LogP contribution is -2.62. The summed E-state index contributed by atoms with van der Waals surface area (Å²) in [6.45, 7) is 14.4. The number of piperidine rings is 1. The monoisotopic (exact) mass is 683 g/mol. The fourth-order valence-electron chi connectivity index (χ4n) is 7.94. The summed E-state index contributed by atoms with van der Waals surface area (Å²) >= 11 is 0. The third kappa shape index (κ3) is 11.9. The van der Waals surface area contributed by atoms with Crippen molar-refractivity contribution < 1.29 is 29.0 Å². The SMILES string of the molecule is CC(=O)CC(C)(C)[C@H](NC(=O)CN1CCOCC1)C(=O)NC(Cc1ccccc1)[C@H](O)CN1CC2CCCC[C@H]2C[C@H]1C(=O)NC(C)(C)C. The lowest BCUT2D eigenvalue weighted by Gasteiger charge is -2.47. The van der Waals surface area contributed by atoms with Crippen LogP contribution in [0.5, 0.6) is 0 Å². The van der Waals surface area contributed by atoms with Crippen LogP contribution in [-0.2, 0) is 30.3 Å². The molecule has 0 aromatic heterocycles. The number of hydrogen-bond donors (Lipinski definition) is 4. The number of ketones is 1. The number of aliphatic hydroxyl groups is 1. The second-order valence-corrected chi connectivity index (χ2v) is 16.4. The van der Waals surface area contributed by atoms with Gasteiger partial charge in [0.05, 0.1) is 37.9 Å². The number of aliphatic hydroxyl groups excluding tert-OH is 1. The molecule has 0 radical (unpaired) electrons. The molecular weight excluding hydrogens is 622 g/mol. The Hall–Kier alpha value is -2.86. The molecule has 2 heterocycles. The quantitative estimate of drug-likeness (QED) is 0.235. The van der Waals surface area contributed by atoms with E-state index in [0.29, 0.717) is 44.6 Å². The van der Waals surface area contributed by atoms with Crippen LogP contribution in [0.4, 0.5) is 0 Å². The van der Waals surface area contributed by atoms with Gasteiger partial charge < -0.3 is 30.6 Å². The lowest BCUT2D eigenvalue weighted by atomic mass is 9.72. The molecule has 274 valence electrons. The summed E-state index contributed by atoms with van der Waals surface area (Å²) in [5, 5.41) is 21.2. The molecule has 49 heavy (non-hydrogen) atoms. The number of ether oxygens (including phenoxy) is 1. The summed E-state index contributed by atoms with van der Waals surface area (Å²) in [7, 11) is 0. The van der Waals surface area contributed by atoms with E-state index >= 15 is 0 Å². The van der Waals surface area contributed by atoms with E-state index in [2.05, 4.69) is 20.9 Å². The fraction of sp³-hybridized carbons (Fsp3) is 0.737. The Kier molecular flexibility index (Phi) is 13.8. The highest BCUT2D eigenvalue weighted by atomic mass is 16.5. The number of likely N-dealkylation sites (tertiary alicyclic amines) is 1. The minimum atomic E-state index is -1.02. The van der Waals surface area contributed by atoms with E-state index in [0.717, 1.165) is 31.4 Å². The highest BCUT2D eigenvalue weighted by molar-refractivity contribution is 5.90. The molecule has 1 aromatic rings. The van der Waals surface area contributed by atoms with Crippen molar-refractivity contribution in [2.45, 2.75) is 116 Å². The summed E-state index contributed by atoms with van der Waals surface area (Å²) in [4.78, 5) is 57.6. The van der Waals surface area contributed by atoms with Gasteiger partial charge in [0.25, 0.3) is 0 Å². The Morgan fingerprint density at radius 3 is 2.24 bits per heavy atom. The van der Waals surface area contributed by atoms with Gasteiger partial charge in [-0.15, -0.1) is 0 Å². The topological polar surface area (TPSA) is 140 Å². The van der Waals surface area contributed by atoms with Crippen molar-refractivity contribution >= 4 is 23.5 Å². The van der Waals surface area contributed by atoms with Gasteiger partial charge in [0.1, 0.15) is 11.8 Å². The standard InChI is InChI=1S/C38H61N5O6/c1-26(44)22-38(5,6)34(40-33(46)25-42-16-18-49-19-17-42)36(48)39-30(20-27-12-8-7-9-13-27)32(45)24-43-23-29-15-11-10-14-28(29)21-31(43)35(47)41-37(2,3)4/h7-9,12-13,28-32,34,45H,10-11,14-25H2,1-6H3,(H,39,48)(H,40,46)(H,41,47)/t28-,29?,30?,31-,32+,34+/m0/s1. The minimum Gasteiger partial charge on any atom is -0.390 e. The minimum absolute atomic E-state index is 0.0265. The summed E-state index contributed by atoms with van der Waals surface area (Å²) < 4.78 is 5.41. The van der Waals surface area contributed by atoms with Crippen molar-refractivity contribution in [3.05, 3.63) is 35.9 Å². The van der Waals surface area contributed by atoms with Gasteiger partial charge in [0.2, 0.25) is 17.7 Å². The van der Waals surface area contributed by atoms with Crippen LogP contribution < -0.4 is 16.0 Å². The molecule has 11 nitrogen and oxygen atoms in total. The largest absolute Gasteiger partial charge is 0.390 e. The van der Waals surface area contributed by atoms with Gasteiger partial charge in [-0.3, -0.25) is 24.2 Å². The molecule has 1 aromatic carbocycles. The second-order valence-electron chi connectivity index (χ2n) is 16.4. The highest BCUT2D eigenvalue weighted by Crippen LogP contribution is 2.39. The van der Waals surface area contributed by atoms with Gasteiger partial charge in [-0.05, 0) is 64.4 Å². The molecule has 0 bridgehead atoms. The zero-order valence-electron chi connectivity index (χ0n) is 30.6. The number of β-amino-alcohol motifs (C(OH)–C–C–N with tert-alkyl or cyclic N) is 1. The Bertz CT molecular complexity index is 1260. The molecule has 3 amide bonds. The second kappa shape index (κ2) is 17.4. The van der Waals surface area contributed by atoms with E-state index in [-0.39, 0.29) is 48.7 Å². The van der Waals surface area contributed by atoms with Gasteiger partial charge in [-0.25, -0.2) is 0 Å². The normalized spacial score (nSPS) is 24.2. The molecule has 2 unspecified atom stereocenters. The molecule has 1 aliphatic carbocycles. The highest BCUT2D eigenvalue weighted by Gasteiger charge is 2.43. The number of carbonyl (C=O) groups excluding carboxylic acids is 4. The van der Waals surface area contributed by atoms with Crippen molar-refractivity contribution in [2.24, 2.45) is 17.3 Å². The number of benzene rings is 1. The Labute approximate surface area is 293 Å². The first-order chi connectivity index (χ1) is 23.1. The maximum Gasteiger partial charge on any atom is 0.243 e. The number of nitrogens with one attached hydrogen (secondary N) is 3. The maximum absolute atomic E-state index is 14.3. The fourth-order valence-corrected chi connectivity index (χ4v) is 7.94. The predicted octanol–water partition coefficient (Wildman–Crippen LogP) is 2.69. The van der Waals surface area contributed by atoms with Gasteiger partial charge in [-0.2, -0.15) is 0 Å². The zero-order chi connectivity index (χ0) is 35.8. The van der Waals surface area contributed by atoms with Crippen molar-refractivity contribution in [1.29, 1.82) is 0 Å². The molecule has 4 rings (SSSR count). The van der Waals surface area contributed by atoms with Crippen molar-refractivity contribution in [3.63, 3.8) is 0 Å². The number of fused-ring (bicyclic) bond motifs is 1. The molecule has 2 saturated heterocycles. The van der Waals surface area contributed by atoms with Crippen LogP contribution in [0.2, 0.25) is 0 Å². The number of nitrogens with zero attached hydrogens (tertiary/aromatic N) is 2. The van der Waals surface area contributed by atoms with Gasteiger partial charge >= 0.3 is 0 Å². The van der Waals surface area contributed by atoms with E-state index in [9.17, 15) is 24.3 Å². The van der Waals surface area contributed by atoms with E-state index in [1.807, 2.05) is 69.9 Å². The average Bonchev–Trinajstić information content (AvgIpc) is 3.02. The number of morpholine rings is 1. The first kappa shape index (κ1) is 38.9. The van der Waals surface area contributed by atoms with Gasteiger partial charge in [-0.1, -0.05) is 63.4 Å². The first-order valence-electron chi connectivity index (χ1n) is 18.3. The summed E-state index contributed by atoms with van der Waals surface area (Å²) in [6, 6.07) is 7.59. The Balaban J connectivity index is 1.57. The van der Waals surface area contributed by atoms with Crippen LogP contribution in [-0.4, -0.2) is 114 Å². The number of hydrogen-bond acceptors (Lipinski definition) is 8. The molecule has 2 aliphatic heterocycles. The molecule has 11 heteroatoms. The van der Waals surface area contributed by atoms with Crippen LogP contribution in [0.1, 0.15) is 85.6 Å². The zero-order valence-corrected chi connectivity index (χ0v) is 30.6. The Morgan fingerprint density at radius 2 is 1.61 bits per heavy atom. The molecule has 6 atom stereocenters. The number of rotatable bonds is 14. The van der Waals surface area contributed by atoms with E-state index in [1.165, 1.54) is 19.8 Å². The van der Waals surface area contributed by atoms with E-state index in [4.69, 9.17) is 4.74 Å². The molecule has 1 saturated carbocycles. The lowest BCUT2D eigenvalue weighted by molar-refractivity contribution is -0.136. The van der Waals surface area contributed by atoms with Crippen LogP contribution in [0.25, 0.3) is 0 Å². The molecular formula is C38H61N5O6. The molecule has 4 N–H and O–H groups in total. The van der Waals surface area contributed by atoms with E-state index in [1.54, 1.807) is 0 Å². The van der Waals surface area contributed by atoms with Crippen LogP contribution in [0.15, 0.2) is 30.3 Å². The van der Waals surface area contributed by atoms with Crippen LogP contribution in [0.3, 0.4) is 0 Å². The van der Waals surface area contributed by atoms with Gasteiger partial charge in [0.15, 0.2) is 0 Å². The summed E-state index contributed by atoms with van der Waals surface area (Å²) in [5.74, 6) is 0.0953. The maximum atomic E-state index is 14.3. The number of carbonyl (C=O) groups is 4. The number of Topliss-reactive ketones (excluding diaryl/α,β-unsaturated/α-hetero) is 1. The first-order valence-corrected chi connectivity index (χ1v) is 18.3. The van der Waals surface area contributed by atoms with Crippen molar-refractivity contribution in [1.82, 2.24) is 25.8 Å². The van der Waals surface area contributed by atoms with Crippen LogP contribution in [0, 0.1) is 17.3 Å². The average molecular weight is 684 g/mol. The Morgan fingerprint density at radius 1 is 0.959 bits per heavy atom. The van der Waals surface area contributed by atoms with Crippen molar-refractivity contribution in [2.75, 3.05) is 45.9 Å². The third-order valence-electron chi connectivity index (χ3n) is 10.3. The molecule has 0 spiro atoms. The predicted molar refractivity (Wildman–Crippen MR) is 190 cm³/mol. The number of amides is 3. The van der Waals surface area contributed by atoms with Crippen molar-refractivity contribution in [3.8, 4) is 0 Å². The third-order valence-corrected chi connectivity index (χ3v) is 10.3. The molecule has 3 aliphatic rings. The van der Waals surface area contributed by atoms with E-state index < -0.39 is 29.5 Å². The van der Waals surface area contributed by atoms with Gasteiger partial charge in [0, 0.05) is 43.6 Å². The van der Waals surface area contributed by atoms with Crippen LogP contribution >= 0.6 is 0 Å². The summed E-state index contributed by atoms with van der Waals surface area (Å²) in [6.07, 6.45) is 4.81.